The van der Waals surface area contributed by atoms with Crippen LogP contribution in [0.5, 0.6) is 0 Å². The number of nitrogens with one attached hydrogen (secondary N) is 2. The lowest BCUT2D eigenvalue weighted by atomic mass is 10.0. The van der Waals surface area contributed by atoms with Gasteiger partial charge in [-0.3, -0.25) is 4.79 Å². The second kappa shape index (κ2) is 7.63. The van der Waals surface area contributed by atoms with E-state index in [1.54, 1.807) is 12.1 Å². The van der Waals surface area contributed by atoms with Gasteiger partial charge in [0.15, 0.2) is 6.54 Å². The van der Waals surface area contributed by atoms with Crippen molar-refractivity contribution >= 4 is 21.6 Å². The molecular formula is C17H28N3O3S+. The lowest BCUT2D eigenvalue weighted by Crippen LogP contribution is -3.14. The molecule has 0 aromatic heterocycles. The Morgan fingerprint density at radius 3 is 2.71 bits per heavy atom. The number of rotatable bonds is 5. The summed E-state index contributed by atoms with van der Waals surface area (Å²) in [5, 5.41) is 2.88. The van der Waals surface area contributed by atoms with E-state index in [0.29, 0.717) is 18.2 Å². The van der Waals surface area contributed by atoms with Crippen LogP contribution in [0.3, 0.4) is 0 Å². The van der Waals surface area contributed by atoms with Gasteiger partial charge in [-0.2, -0.15) is 0 Å². The van der Waals surface area contributed by atoms with Gasteiger partial charge < -0.3 is 10.2 Å². The summed E-state index contributed by atoms with van der Waals surface area (Å²) in [6, 6.07) is 4.83. The number of carbonyl (C=O) groups excluding carboxylic acids is 1. The largest absolute Gasteiger partial charge is 0.327 e. The van der Waals surface area contributed by atoms with E-state index in [-0.39, 0.29) is 10.8 Å². The molecule has 0 aliphatic carbocycles. The first kappa shape index (κ1) is 18.9. The minimum absolute atomic E-state index is 0.0680. The highest BCUT2D eigenvalue weighted by Gasteiger charge is 2.23. The summed E-state index contributed by atoms with van der Waals surface area (Å²) in [6.45, 7) is 6.54. The van der Waals surface area contributed by atoms with Gasteiger partial charge in [-0.25, -0.2) is 12.7 Å². The summed E-state index contributed by atoms with van der Waals surface area (Å²) < 4.78 is 25.7. The van der Waals surface area contributed by atoms with E-state index < -0.39 is 10.0 Å². The van der Waals surface area contributed by atoms with Crippen LogP contribution in [0.1, 0.15) is 25.3 Å². The predicted octanol–water partition coefficient (Wildman–Crippen LogP) is 0.499. The van der Waals surface area contributed by atoms with Crippen LogP contribution in [0.15, 0.2) is 23.1 Å². The maximum absolute atomic E-state index is 12.3. The molecule has 1 aromatic rings. The number of benzene rings is 1. The van der Waals surface area contributed by atoms with Gasteiger partial charge in [0.2, 0.25) is 10.0 Å². The van der Waals surface area contributed by atoms with Gasteiger partial charge in [-0.05, 0) is 37.5 Å². The third kappa shape index (κ3) is 4.55. The van der Waals surface area contributed by atoms with Gasteiger partial charge >= 0.3 is 0 Å². The Bertz CT molecular complexity index is 701. The number of sulfonamides is 1. The molecule has 2 atom stereocenters. The zero-order valence-electron chi connectivity index (χ0n) is 14.9. The number of hydrogen-bond donors (Lipinski definition) is 2. The Morgan fingerprint density at radius 2 is 2.08 bits per heavy atom. The summed E-state index contributed by atoms with van der Waals surface area (Å²) in [5.74, 6) is 0.582. The van der Waals surface area contributed by atoms with E-state index in [4.69, 9.17) is 0 Å². The zero-order chi connectivity index (χ0) is 17.9. The molecule has 7 heteroatoms. The van der Waals surface area contributed by atoms with Crippen LogP contribution in [0.25, 0.3) is 0 Å². The molecule has 1 heterocycles. The average molecular weight is 354 g/mol. The molecule has 1 aliphatic heterocycles. The molecular weight excluding hydrogens is 326 g/mol. The molecule has 134 valence electrons. The number of anilines is 1. The summed E-state index contributed by atoms with van der Waals surface area (Å²) in [5.41, 5.74) is 1.41. The normalized spacial score (nSPS) is 21.7. The SMILES string of the molecule is Cc1ccc(S(=O)(=O)N(C)C)cc1NC(=O)C[NH+]1CCC[C@H](C)C1. The van der Waals surface area contributed by atoms with E-state index in [2.05, 4.69) is 12.2 Å². The first-order valence-electron chi connectivity index (χ1n) is 8.36. The molecule has 2 N–H and O–H groups in total. The van der Waals surface area contributed by atoms with E-state index >= 15 is 0 Å². The molecule has 0 spiro atoms. The van der Waals surface area contributed by atoms with E-state index in [9.17, 15) is 13.2 Å². The number of quaternary nitrogens is 1. The molecule has 1 fully saturated rings. The smallest absolute Gasteiger partial charge is 0.279 e. The zero-order valence-corrected chi connectivity index (χ0v) is 15.7. The molecule has 1 aliphatic rings. The highest BCUT2D eigenvalue weighted by molar-refractivity contribution is 7.89. The molecule has 0 saturated carbocycles. The minimum atomic E-state index is -3.51. The van der Waals surface area contributed by atoms with Gasteiger partial charge in [0.1, 0.15) is 0 Å². The third-order valence-corrected chi connectivity index (χ3v) is 6.35. The molecule has 1 saturated heterocycles. The Hall–Kier alpha value is -1.44. The Balaban J connectivity index is 2.10. The van der Waals surface area contributed by atoms with Gasteiger partial charge in [0.25, 0.3) is 5.91 Å². The average Bonchev–Trinajstić information content (AvgIpc) is 2.49. The number of aryl methyl sites for hydroxylation is 1. The molecule has 6 nitrogen and oxygen atoms in total. The van der Waals surface area contributed by atoms with Crippen molar-refractivity contribution in [2.45, 2.75) is 31.6 Å². The predicted molar refractivity (Wildman–Crippen MR) is 94.6 cm³/mol. The standard InChI is InChI=1S/C17H27N3O3S/c1-13-6-5-9-20(11-13)12-17(21)18-16-10-15(8-7-14(16)2)24(22,23)19(3)4/h7-8,10,13H,5-6,9,11-12H2,1-4H3,(H,18,21)/p+1/t13-/m0/s1. The second-order valence-corrected chi connectivity index (χ2v) is 9.09. The van der Waals surface area contributed by atoms with E-state index in [0.717, 1.165) is 25.1 Å². The molecule has 0 radical (unpaired) electrons. The van der Waals surface area contributed by atoms with Crippen LogP contribution < -0.4 is 10.2 Å². The van der Waals surface area contributed by atoms with E-state index in [1.165, 1.54) is 35.8 Å². The monoisotopic (exact) mass is 354 g/mol. The quantitative estimate of drug-likeness (QED) is 0.809. The summed E-state index contributed by atoms with van der Waals surface area (Å²) in [7, 11) is -0.521. The van der Waals surface area contributed by atoms with Crippen molar-refractivity contribution < 1.29 is 18.1 Å². The van der Waals surface area contributed by atoms with Crippen LogP contribution in [-0.4, -0.2) is 52.4 Å². The fourth-order valence-corrected chi connectivity index (χ4v) is 4.01. The third-order valence-electron chi connectivity index (χ3n) is 4.54. The number of hydrogen-bond acceptors (Lipinski definition) is 3. The first-order valence-corrected chi connectivity index (χ1v) is 9.80. The van der Waals surface area contributed by atoms with Crippen molar-refractivity contribution in [2.75, 3.05) is 39.0 Å². The molecule has 24 heavy (non-hydrogen) atoms. The van der Waals surface area contributed by atoms with Crippen LogP contribution in [-0.2, 0) is 14.8 Å². The summed E-state index contributed by atoms with van der Waals surface area (Å²) in [6.07, 6.45) is 2.38. The highest BCUT2D eigenvalue weighted by Crippen LogP contribution is 2.21. The number of carbonyl (C=O) groups is 1. The van der Waals surface area contributed by atoms with Crippen molar-refractivity contribution in [2.24, 2.45) is 5.92 Å². The topological polar surface area (TPSA) is 70.9 Å². The fourth-order valence-electron chi connectivity index (χ4n) is 3.09. The summed E-state index contributed by atoms with van der Waals surface area (Å²) >= 11 is 0. The van der Waals surface area contributed by atoms with Crippen LogP contribution in [0.2, 0.25) is 0 Å². The molecule has 1 unspecified atom stereocenters. The van der Waals surface area contributed by atoms with Gasteiger partial charge in [-0.15, -0.1) is 0 Å². The second-order valence-electron chi connectivity index (χ2n) is 6.94. The molecule has 0 bridgehead atoms. The van der Waals surface area contributed by atoms with Crippen molar-refractivity contribution in [1.82, 2.24) is 4.31 Å². The summed E-state index contributed by atoms with van der Waals surface area (Å²) in [4.78, 5) is 13.8. The van der Waals surface area contributed by atoms with Crippen molar-refractivity contribution in [1.29, 1.82) is 0 Å². The Morgan fingerprint density at radius 1 is 1.38 bits per heavy atom. The highest BCUT2D eigenvalue weighted by atomic mass is 32.2. The fraction of sp³-hybridized carbons (Fsp3) is 0.588. The number of likely N-dealkylation sites (tertiary alicyclic amines) is 1. The molecule has 1 amide bonds. The van der Waals surface area contributed by atoms with Crippen molar-refractivity contribution in [3.05, 3.63) is 23.8 Å². The lowest BCUT2D eigenvalue weighted by Gasteiger charge is -2.27. The van der Waals surface area contributed by atoms with E-state index in [1.807, 2.05) is 6.92 Å². The van der Waals surface area contributed by atoms with Gasteiger partial charge in [-0.1, -0.05) is 13.0 Å². The minimum Gasteiger partial charge on any atom is -0.327 e. The maximum Gasteiger partial charge on any atom is 0.279 e. The Kier molecular flexibility index (Phi) is 6.01. The van der Waals surface area contributed by atoms with Gasteiger partial charge in [0, 0.05) is 25.7 Å². The lowest BCUT2D eigenvalue weighted by molar-refractivity contribution is -0.900. The maximum atomic E-state index is 12.3. The first-order chi connectivity index (χ1) is 11.2. The van der Waals surface area contributed by atoms with Crippen LogP contribution >= 0.6 is 0 Å². The van der Waals surface area contributed by atoms with Crippen molar-refractivity contribution in [3.8, 4) is 0 Å². The molecule has 1 aromatic carbocycles. The van der Waals surface area contributed by atoms with Gasteiger partial charge in [0.05, 0.1) is 18.0 Å². The van der Waals surface area contributed by atoms with Crippen LogP contribution in [0, 0.1) is 12.8 Å². The Labute approximate surface area is 144 Å². The number of nitrogens with zero attached hydrogens (tertiary/aromatic N) is 1. The number of amides is 1. The molecule has 2 rings (SSSR count). The van der Waals surface area contributed by atoms with Crippen molar-refractivity contribution in [3.63, 3.8) is 0 Å². The van der Waals surface area contributed by atoms with Crippen LogP contribution in [0.4, 0.5) is 5.69 Å². The number of piperidine rings is 1.